The number of nitrogens with one attached hydrogen (secondary N) is 3. The summed E-state index contributed by atoms with van der Waals surface area (Å²) in [6, 6.07) is 10.2. The Balaban J connectivity index is 1.43. The maximum absolute atomic E-state index is 12.5. The Labute approximate surface area is 226 Å². The molecule has 196 valence electrons. The molecule has 4 aromatic heterocycles. The molecule has 5 aromatic rings. The standard InChI is InChI=1S/C31H30N6O2/c1-5-18-13-34-25-7-6-19(21-10-22(14-32-12-21)35-30(38)31(2,3)4)11-23(25)27(18)29-36-26-16-33-15-24(28(26)37-29)20-8-9-39-17-20/h6-12,14-17,34H,5,13H2,1-4H3,(H,35,38)(H,36,37). The van der Waals surface area contributed by atoms with Crippen LogP contribution >= 0.6 is 0 Å². The highest BCUT2D eigenvalue weighted by Crippen LogP contribution is 2.39. The zero-order chi connectivity index (χ0) is 27.1. The third kappa shape index (κ3) is 4.58. The molecular weight excluding hydrogens is 488 g/mol. The summed E-state index contributed by atoms with van der Waals surface area (Å²) in [4.78, 5) is 30.0. The maximum Gasteiger partial charge on any atom is 0.229 e. The number of H-pyrrole nitrogens is 1. The summed E-state index contributed by atoms with van der Waals surface area (Å²) < 4.78 is 5.31. The van der Waals surface area contributed by atoms with Crippen LogP contribution in [0.25, 0.3) is 38.9 Å². The minimum Gasteiger partial charge on any atom is -0.472 e. The summed E-state index contributed by atoms with van der Waals surface area (Å²) in [6.45, 7) is 8.58. The molecule has 8 nitrogen and oxygen atoms in total. The van der Waals surface area contributed by atoms with Crippen LogP contribution in [0.4, 0.5) is 11.4 Å². The Morgan fingerprint density at radius 1 is 1.00 bits per heavy atom. The Hall–Kier alpha value is -4.72. The van der Waals surface area contributed by atoms with Gasteiger partial charge in [0.15, 0.2) is 0 Å². The molecule has 0 bridgehead atoms. The van der Waals surface area contributed by atoms with E-state index in [1.807, 2.05) is 51.5 Å². The van der Waals surface area contributed by atoms with Crippen LogP contribution in [0.5, 0.6) is 0 Å². The van der Waals surface area contributed by atoms with E-state index in [1.165, 1.54) is 5.57 Å². The van der Waals surface area contributed by atoms with Gasteiger partial charge in [0.05, 0.1) is 36.1 Å². The first kappa shape index (κ1) is 24.6. The van der Waals surface area contributed by atoms with Gasteiger partial charge in [-0.05, 0) is 41.8 Å². The van der Waals surface area contributed by atoms with Gasteiger partial charge in [0.1, 0.15) is 11.3 Å². The topological polar surface area (TPSA) is 109 Å². The predicted octanol–water partition coefficient (Wildman–Crippen LogP) is 6.90. The van der Waals surface area contributed by atoms with Crippen molar-refractivity contribution in [3.05, 3.63) is 84.6 Å². The van der Waals surface area contributed by atoms with E-state index in [0.717, 1.165) is 68.9 Å². The second-order valence-corrected chi connectivity index (χ2v) is 10.8. The molecule has 3 N–H and O–H groups in total. The number of benzene rings is 1. The summed E-state index contributed by atoms with van der Waals surface area (Å²) in [5.41, 5.74) is 10.1. The number of fused-ring (bicyclic) bond motifs is 2. The fraction of sp³-hybridized carbons (Fsp3) is 0.226. The predicted molar refractivity (Wildman–Crippen MR) is 154 cm³/mol. The van der Waals surface area contributed by atoms with Crippen molar-refractivity contribution in [1.82, 2.24) is 19.9 Å². The van der Waals surface area contributed by atoms with Gasteiger partial charge in [0.2, 0.25) is 5.91 Å². The molecule has 0 unspecified atom stereocenters. The molecule has 0 saturated heterocycles. The molecule has 0 atom stereocenters. The summed E-state index contributed by atoms with van der Waals surface area (Å²) in [6.07, 6.45) is 11.4. The van der Waals surface area contributed by atoms with Crippen LogP contribution in [0, 0.1) is 5.41 Å². The highest BCUT2D eigenvalue weighted by atomic mass is 16.3. The van der Waals surface area contributed by atoms with Gasteiger partial charge in [-0.15, -0.1) is 0 Å². The average molecular weight is 519 g/mol. The van der Waals surface area contributed by atoms with E-state index in [0.29, 0.717) is 5.69 Å². The number of carbonyl (C=O) groups is 1. The number of amides is 1. The number of imidazole rings is 1. The Kier molecular flexibility index (Phi) is 6.02. The van der Waals surface area contributed by atoms with Crippen molar-refractivity contribution in [1.29, 1.82) is 0 Å². The van der Waals surface area contributed by atoms with Crippen molar-refractivity contribution in [2.75, 3.05) is 17.2 Å². The van der Waals surface area contributed by atoms with Gasteiger partial charge in [0.25, 0.3) is 0 Å². The number of hydrogen-bond donors (Lipinski definition) is 3. The van der Waals surface area contributed by atoms with E-state index in [9.17, 15) is 4.79 Å². The Morgan fingerprint density at radius 2 is 1.85 bits per heavy atom. The maximum atomic E-state index is 12.5. The quantitative estimate of drug-likeness (QED) is 0.233. The molecule has 1 aromatic carbocycles. The van der Waals surface area contributed by atoms with Gasteiger partial charge < -0.3 is 20.0 Å². The zero-order valence-corrected chi connectivity index (χ0v) is 22.4. The third-order valence-corrected chi connectivity index (χ3v) is 7.04. The van der Waals surface area contributed by atoms with E-state index in [4.69, 9.17) is 9.40 Å². The SMILES string of the molecule is CCC1=C(c2nc3c(-c4ccoc4)cncc3[nH]2)c2cc(-c3cncc(NC(=O)C(C)(C)C)c3)ccc2NC1. The van der Waals surface area contributed by atoms with Gasteiger partial charge in [-0.25, -0.2) is 4.98 Å². The molecule has 0 radical (unpaired) electrons. The van der Waals surface area contributed by atoms with Crippen LogP contribution in [-0.4, -0.2) is 32.4 Å². The second-order valence-electron chi connectivity index (χ2n) is 10.8. The van der Waals surface area contributed by atoms with Crippen LogP contribution < -0.4 is 10.6 Å². The number of nitrogens with zero attached hydrogens (tertiary/aromatic N) is 3. The molecule has 8 heteroatoms. The number of aromatic amines is 1. The molecule has 0 spiro atoms. The summed E-state index contributed by atoms with van der Waals surface area (Å²) in [5, 5.41) is 6.55. The van der Waals surface area contributed by atoms with Crippen LogP contribution in [0.2, 0.25) is 0 Å². The van der Waals surface area contributed by atoms with Gasteiger partial charge in [-0.1, -0.05) is 33.8 Å². The van der Waals surface area contributed by atoms with E-state index in [1.54, 1.807) is 18.7 Å². The smallest absolute Gasteiger partial charge is 0.229 e. The molecule has 6 rings (SSSR count). The van der Waals surface area contributed by atoms with Crippen LogP contribution in [0.1, 0.15) is 45.5 Å². The van der Waals surface area contributed by atoms with E-state index < -0.39 is 5.41 Å². The number of carbonyl (C=O) groups excluding carboxylic acids is 1. The van der Waals surface area contributed by atoms with Crippen molar-refractivity contribution in [2.24, 2.45) is 5.41 Å². The third-order valence-electron chi connectivity index (χ3n) is 7.04. The van der Waals surface area contributed by atoms with Crippen molar-refractivity contribution < 1.29 is 9.21 Å². The van der Waals surface area contributed by atoms with Crippen LogP contribution in [0.15, 0.2) is 77.6 Å². The normalized spacial score (nSPS) is 13.3. The van der Waals surface area contributed by atoms with Gasteiger partial charge in [-0.3, -0.25) is 14.8 Å². The molecule has 5 heterocycles. The van der Waals surface area contributed by atoms with E-state index >= 15 is 0 Å². The first-order valence-corrected chi connectivity index (χ1v) is 13.1. The minimum atomic E-state index is -0.497. The number of rotatable bonds is 5. The highest BCUT2D eigenvalue weighted by molar-refractivity contribution is 5.97. The molecule has 1 aliphatic rings. The fourth-order valence-electron chi connectivity index (χ4n) is 4.83. The van der Waals surface area contributed by atoms with Gasteiger partial charge in [0, 0.05) is 57.9 Å². The Bertz CT molecular complexity index is 1720. The molecule has 1 amide bonds. The minimum absolute atomic E-state index is 0.0527. The second kappa shape index (κ2) is 9.54. The lowest BCUT2D eigenvalue weighted by Gasteiger charge is -2.24. The molecule has 0 fully saturated rings. The molecule has 0 aliphatic carbocycles. The molecule has 1 aliphatic heterocycles. The van der Waals surface area contributed by atoms with E-state index in [2.05, 4.69) is 50.7 Å². The molecule has 39 heavy (non-hydrogen) atoms. The number of furan rings is 1. The monoisotopic (exact) mass is 518 g/mol. The Morgan fingerprint density at radius 3 is 2.62 bits per heavy atom. The highest BCUT2D eigenvalue weighted by Gasteiger charge is 2.24. The lowest BCUT2D eigenvalue weighted by Crippen LogP contribution is -2.27. The first-order chi connectivity index (χ1) is 18.8. The van der Waals surface area contributed by atoms with Crippen LogP contribution in [0.3, 0.4) is 0 Å². The first-order valence-electron chi connectivity index (χ1n) is 13.1. The lowest BCUT2D eigenvalue weighted by atomic mass is 9.90. The molecular formula is C31H30N6O2. The summed E-state index contributed by atoms with van der Waals surface area (Å²) in [7, 11) is 0. The number of hydrogen-bond acceptors (Lipinski definition) is 6. The largest absolute Gasteiger partial charge is 0.472 e. The van der Waals surface area contributed by atoms with Gasteiger partial charge in [-0.2, -0.15) is 0 Å². The van der Waals surface area contributed by atoms with E-state index in [-0.39, 0.29) is 5.91 Å². The number of anilines is 2. The zero-order valence-electron chi connectivity index (χ0n) is 22.4. The number of pyridine rings is 2. The van der Waals surface area contributed by atoms with Crippen molar-refractivity contribution in [2.45, 2.75) is 34.1 Å². The van der Waals surface area contributed by atoms with Crippen molar-refractivity contribution >= 4 is 33.9 Å². The fourth-order valence-corrected chi connectivity index (χ4v) is 4.83. The average Bonchev–Trinajstić information content (AvgIpc) is 3.62. The number of aromatic nitrogens is 4. The summed E-state index contributed by atoms with van der Waals surface area (Å²) >= 11 is 0. The van der Waals surface area contributed by atoms with Crippen LogP contribution in [-0.2, 0) is 4.79 Å². The van der Waals surface area contributed by atoms with Crippen molar-refractivity contribution in [3.63, 3.8) is 0 Å². The summed E-state index contributed by atoms with van der Waals surface area (Å²) in [5.74, 6) is 0.756. The van der Waals surface area contributed by atoms with Crippen molar-refractivity contribution in [3.8, 4) is 22.3 Å². The van der Waals surface area contributed by atoms with Gasteiger partial charge >= 0.3 is 0 Å². The molecule has 0 saturated carbocycles. The lowest BCUT2D eigenvalue weighted by molar-refractivity contribution is -0.123.